The Kier molecular flexibility index (Phi) is 7.19. The Balaban J connectivity index is 2.19. The van der Waals surface area contributed by atoms with E-state index >= 15 is 0 Å². The first-order chi connectivity index (χ1) is 8.74. The molecule has 0 saturated heterocycles. The van der Waals surface area contributed by atoms with Crippen molar-refractivity contribution in [3.8, 4) is 0 Å². The molecule has 0 unspecified atom stereocenters. The first-order valence-electron chi connectivity index (χ1n) is 6.31. The van der Waals surface area contributed by atoms with E-state index in [0.29, 0.717) is 17.2 Å². The van der Waals surface area contributed by atoms with E-state index in [4.69, 9.17) is 16.3 Å². The number of unbranched alkanes of at least 4 members (excludes halogenated alkanes) is 2. The normalized spacial score (nSPS) is 10.8. The Hall–Kier alpha value is -1.28. The van der Waals surface area contributed by atoms with Crippen LogP contribution in [0, 0.1) is 0 Å². The van der Waals surface area contributed by atoms with E-state index in [1.54, 1.807) is 24.3 Å². The lowest BCUT2D eigenvalue weighted by molar-refractivity contribution is 0.0501. The van der Waals surface area contributed by atoms with E-state index in [2.05, 4.69) is 19.1 Å². The number of ether oxygens (including phenoxy) is 1. The summed E-state index contributed by atoms with van der Waals surface area (Å²) in [6.07, 6.45) is 8.40. The molecule has 1 aromatic rings. The topological polar surface area (TPSA) is 26.3 Å². The highest BCUT2D eigenvalue weighted by atomic mass is 35.5. The van der Waals surface area contributed by atoms with Gasteiger partial charge in [0, 0.05) is 5.02 Å². The van der Waals surface area contributed by atoms with Crippen LogP contribution in [0.4, 0.5) is 0 Å². The molecule has 3 heteroatoms. The van der Waals surface area contributed by atoms with Gasteiger partial charge in [-0.1, -0.05) is 37.1 Å². The van der Waals surface area contributed by atoms with E-state index in [1.165, 1.54) is 6.42 Å². The van der Waals surface area contributed by atoms with Gasteiger partial charge in [-0.3, -0.25) is 0 Å². The van der Waals surface area contributed by atoms with Crippen molar-refractivity contribution in [2.75, 3.05) is 6.61 Å². The number of carbonyl (C=O) groups excluding carboxylic acids is 1. The molecule has 0 amide bonds. The highest BCUT2D eigenvalue weighted by molar-refractivity contribution is 6.30. The minimum absolute atomic E-state index is 0.288. The molecule has 0 spiro atoms. The van der Waals surface area contributed by atoms with Crippen molar-refractivity contribution < 1.29 is 9.53 Å². The molecule has 2 nitrogen and oxygen atoms in total. The molecule has 0 saturated carbocycles. The van der Waals surface area contributed by atoms with E-state index < -0.39 is 0 Å². The number of carbonyl (C=O) groups is 1. The fourth-order valence-electron chi connectivity index (χ4n) is 1.44. The number of halogens is 1. The van der Waals surface area contributed by atoms with E-state index in [1.807, 2.05) is 0 Å². The van der Waals surface area contributed by atoms with Gasteiger partial charge in [-0.2, -0.15) is 0 Å². The molecule has 1 rings (SSSR count). The van der Waals surface area contributed by atoms with E-state index in [-0.39, 0.29) is 5.97 Å². The Morgan fingerprint density at radius 3 is 2.56 bits per heavy atom. The summed E-state index contributed by atoms with van der Waals surface area (Å²) in [5.74, 6) is -0.288. The maximum atomic E-state index is 11.6. The van der Waals surface area contributed by atoms with Crippen LogP contribution in [0.25, 0.3) is 0 Å². The van der Waals surface area contributed by atoms with Crippen LogP contribution in [-0.2, 0) is 4.74 Å². The smallest absolute Gasteiger partial charge is 0.338 e. The summed E-state index contributed by atoms with van der Waals surface area (Å²) in [6, 6.07) is 6.72. The fourth-order valence-corrected chi connectivity index (χ4v) is 1.56. The summed E-state index contributed by atoms with van der Waals surface area (Å²) < 4.78 is 5.16. The van der Waals surface area contributed by atoms with Crippen LogP contribution in [-0.4, -0.2) is 12.6 Å². The largest absolute Gasteiger partial charge is 0.462 e. The maximum absolute atomic E-state index is 11.6. The van der Waals surface area contributed by atoms with Gasteiger partial charge in [0.25, 0.3) is 0 Å². The Morgan fingerprint density at radius 2 is 1.89 bits per heavy atom. The highest BCUT2D eigenvalue weighted by Crippen LogP contribution is 2.10. The van der Waals surface area contributed by atoms with Crippen LogP contribution in [0.1, 0.15) is 43.0 Å². The Labute approximate surface area is 114 Å². The molecule has 0 N–H and O–H groups in total. The minimum Gasteiger partial charge on any atom is -0.462 e. The Morgan fingerprint density at radius 1 is 1.22 bits per heavy atom. The van der Waals surface area contributed by atoms with Gasteiger partial charge in [-0.15, -0.1) is 0 Å². The van der Waals surface area contributed by atoms with Crippen molar-refractivity contribution in [3.05, 3.63) is 47.0 Å². The summed E-state index contributed by atoms with van der Waals surface area (Å²) >= 11 is 5.74. The maximum Gasteiger partial charge on any atom is 0.338 e. The van der Waals surface area contributed by atoms with Crippen LogP contribution < -0.4 is 0 Å². The first-order valence-corrected chi connectivity index (χ1v) is 6.69. The molecule has 0 aliphatic rings. The van der Waals surface area contributed by atoms with E-state index in [0.717, 1.165) is 19.3 Å². The number of benzene rings is 1. The molecule has 0 aliphatic heterocycles. The SMILES string of the molecule is CCC/C=C/CCCOC(=O)c1ccc(Cl)cc1. The van der Waals surface area contributed by atoms with Gasteiger partial charge in [0.05, 0.1) is 12.2 Å². The van der Waals surface area contributed by atoms with Crippen molar-refractivity contribution in [1.82, 2.24) is 0 Å². The van der Waals surface area contributed by atoms with Crippen LogP contribution in [0.15, 0.2) is 36.4 Å². The molecule has 0 heterocycles. The third-order valence-corrected chi connectivity index (χ3v) is 2.70. The second-order valence-electron chi connectivity index (χ2n) is 4.05. The molecule has 18 heavy (non-hydrogen) atoms. The van der Waals surface area contributed by atoms with Gasteiger partial charge in [0.2, 0.25) is 0 Å². The van der Waals surface area contributed by atoms with Gasteiger partial charge in [0.1, 0.15) is 0 Å². The highest BCUT2D eigenvalue weighted by Gasteiger charge is 2.05. The molecule has 0 fully saturated rings. The van der Waals surface area contributed by atoms with Crippen molar-refractivity contribution >= 4 is 17.6 Å². The minimum atomic E-state index is -0.288. The van der Waals surface area contributed by atoms with E-state index in [9.17, 15) is 4.79 Å². The second-order valence-corrected chi connectivity index (χ2v) is 4.48. The average molecular weight is 267 g/mol. The lowest BCUT2D eigenvalue weighted by Crippen LogP contribution is -2.05. The summed E-state index contributed by atoms with van der Waals surface area (Å²) in [6.45, 7) is 2.61. The molecule has 0 bridgehead atoms. The first kappa shape index (κ1) is 14.8. The van der Waals surface area contributed by atoms with Gasteiger partial charge < -0.3 is 4.74 Å². The number of esters is 1. The van der Waals surface area contributed by atoms with Crippen LogP contribution >= 0.6 is 11.6 Å². The van der Waals surface area contributed by atoms with Crippen LogP contribution in [0.2, 0.25) is 5.02 Å². The molecule has 0 aromatic heterocycles. The average Bonchev–Trinajstić information content (AvgIpc) is 2.38. The molecular weight excluding hydrogens is 248 g/mol. The molecule has 98 valence electrons. The lowest BCUT2D eigenvalue weighted by atomic mass is 10.2. The monoisotopic (exact) mass is 266 g/mol. The molecule has 0 radical (unpaired) electrons. The summed E-state index contributed by atoms with van der Waals surface area (Å²) in [7, 11) is 0. The Bertz CT molecular complexity index is 382. The van der Waals surface area contributed by atoms with Gasteiger partial charge in [0.15, 0.2) is 0 Å². The van der Waals surface area contributed by atoms with Gasteiger partial charge in [-0.25, -0.2) is 4.79 Å². The van der Waals surface area contributed by atoms with Gasteiger partial charge in [-0.05, 0) is 43.5 Å². The zero-order valence-corrected chi connectivity index (χ0v) is 11.5. The number of hydrogen-bond donors (Lipinski definition) is 0. The summed E-state index contributed by atoms with van der Waals surface area (Å²) in [5, 5.41) is 0.618. The predicted octanol–water partition coefficient (Wildman–Crippen LogP) is 4.63. The molecule has 1 aromatic carbocycles. The third kappa shape index (κ3) is 5.87. The van der Waals surface area contributed by atoms with Crippen molar-refractivity contribution in [1.29, 1.82) is 0 Å². The summed E-state index contributed by atoms with van der Waals surface area (Å²) in [4.78, 5) is 11.6. The fraction of sp³-hybridized carbons (Fsp3) is 0.400. The summed E-state index contributed by atoms with van der Waals surface area (Å²) in [5.41, 5.74) is 0.543. The zero-order valence-electron chi connectivity index (χ0n) is 10.7. The number of hydrogen-bond acceptors (Lipinski definition) is 2. The van der Waals surface area contributed by atoms with Crippen molar-refractivity contribution in [3.63, 3.8) is 0 Å². The quantitative estimate of drug-likeness (QED) is 0.408. The predicted molar refractivity (Wildman–Crippen MR) is 75.0 cm³/mol. The van der Waals surface area contributed by atoms with Crippen molar-refractivity contribution in [2.24, 2.45) is 0 Å². The van der Waals surface area contributed by atoms with Gasteiger partial charge >= 0.3 is 5.97 Å². The molecule has 0 aliphatic carbocycles. The zero-order chi connectivity index (χ0) is 13.2. The molecule has 0 atom stereocenters. The molecular formula is C15H19ClO2. The second kappa shape index (κ2) is 8.76. The standard InChI is InChI=1S/C15H19ClO2/c1-2-3-4-5-6-7-12-18-15(17)13-8-10-14(16)11-9-13/h4-5,8-11H,2-3,6-7,12H2,1H3/b5-4+. The lowest BCUT2D eigenvalue weighted by Gasteiger charge is -2.03. The van der Waals surface area contributed by atoms with Crippen molar-refractivity contribution in [2.45, 2.75) is 32.6 Å². The number of rotatable bonds is 7. The van der Waals surface area contributed by atoms with Crippen LogP contribution in [0.3, 0.4) is 0 Å². The number of allylic oxidation sites excluding steroid dienone is 2. The third-order valence-electron chi connectivity index (χ3n) is 2.45. The van der Waals surface area contributed by atoms with Crippen LogP contribution in [0.5, 0.6) is 0 Å².